The average Bonchev–Trinajstić information content (AvgIpc) is 3.58. The highest BCUT2D eigenvalue weighted by Gasteiger charge is 2.32. The lowest BCUT2D eigenvalue weighted by atomic mass is 9.86. The summed E-state index contributed by atoms with van der Waals surface area (Å²) in [5.41, 5.74) is 5.05. The molecule has 2 aliphatic rings. The quantitative estimate of drug-likeness (QED) is 0.249. The number of likely N-dealkylation sites (N-methyl/N-ethyl adjacent to an activating group) is 1. The van der Waals surface area contributed by atoms with Gasteiger partial charge >= 0.3 is 0 Å². The van der Waals surface area contributed by atoms with Gasteiger partial charge in [0.15, 0.2) is 0 Å². The normalized spacial score (nSPS) is 18.5. The van der Waals surface area contributed by atoms with E-state index in [4.69, 9.17) is 4.74 Å². The lowest BCUT2D eigenvalue weighted by Gasteiger charge is -2.29. The van der Waals surface area contributed by atoms with Gasteiger partial charge in [-0.2, -0.15) is 0 Å². The van der Waals surface area contributed by atoms with Crippen molar-refractivity contribution in [3.63, 3.8) is 0 Å². The van der Waals surface area contributed by atoms with Gasteiger partial charge in [0.1, 0.15) is 6.04 Å². The predicted molar refractivity (Wildman–Crippen MR) is 186 cm³/mol. The number of para-hydroxylation sites is 1. The summed E-state index contributed by atoms with van der Waals surface area (Å²) in [5, 5.41) is 8.88. The summed E-state index contributed by atoms with van der Waals surface area (Å²) in [6.07, 6.45) is 10.2. The molecule has 7 heteroatoms. The molecule has 0 aromatic heterocycles. The van der Waals surface area contributed by atoms with Gasteiger partial charge in [-0.25, -0.2) is 0 Å². The van der Waals surface area contributed by atoms with Crippen LogP contribution >= 0.6 is 0 Å². The van der Waals surface area contributed by atoms with Crippen LogP contribution in [0.5, 0.6) is 0 Å². The Kier molecular flexibility index (Phi) is 12.4. The minimum Gasteiger partial charge on any atom is -0.374 e. The molecule has 0 bridgehead atoms. The third-order valence-electron chi connectivity index (χ3n) is 7.74. The first-order chi connectivity index (χ1) is 21.1. The fourth-order valence-corrected chi connectivity index (χ4v) is 5.03. The van der Waals surface area contributed by atoms with Gasteiger partial charge in [0.25, 0.3) is 0 Å². The lowest BCUT2D eigenvalue weighted by molar-refractivity contribution is -0.133. The van der Waals surface area contributed by atoms with Crippen molar-refractivity contribution in [3.05, 3.63) is 101 Å². The number of carbonyl (C=O) groups excluding carboxylic acids is 2. The highest BCUT2D eigenvalue weighted by molar-refractivity contribution is 5.92. The van der Waals surface area contributed by atoms with Crippen LogP contribution in [0, 0.1) is 10.8 Å². The molecule has 244 valence electrons. The van der Waals surface area contributed by atoms with Crippen molar-refractivity contribution in [2.45, 2.75) is 86.4 Å². The first-order valence-electron chi connectivity index (χ1n) is 16.0. The molecule has 45 heavy (non-hydrogen) atoms. The zero-order valence-electron chi connectivity index (χ0n) is 28.8. The van der Waals surface area contributed by atoms with Crippen molar-refractivity contribution in [1.29, 1.82) is 0 Å². The zero-order valence-corrected chi connectivity index (χ0v) is 28.8. The number of nitrogens with zero attached hydrogens (tertiary/aromatic N) is 1. The molecular weight excluding hydrogens is 560 g/mol. The first-order valence-corrected chi connectivity index (χ1v) is 16.0. The Labute approximate surface area is 271 Å². The first kappa shape index (κ1) is 35.8. The fourth-order valence-electron chi connectivity index (χ4n) is 5.03. The van der Waals surface area contributed by atoms with Crippen LogP contribution in [0.1, 0.15) is 72.9 Å². The van der Waals surface area contributed by atoms with Gasteiger partial charge in [0, 0.05) is 29.0 Å². The van der Waals surface area contributed by atoms with E-state index in [-0.39, 0.29) is 23.8 Å². The summed E-state index contributed by atoms with van der Waals surface area (Å²) < 4.78 is 5.86. The summed E-state index contributed by atoms with van der Waals surface area (Å²) in [4.78, 5) is 28.7. The van der Waals surface area contributed by atoms with Gasteiger partial charge in [-0.05, 0) is 69.3 Å². The number of benzene rings is 2. The highest BCUT2D eigenvalue weighted by Crippen LogP contribution is 2.39. The number of allylic oxidation sites excluding steroid dienone is 5. The van der Waals surface area contributed by atoms with Crippen molar-refractivity contribution in [2.75, 3.05) is 25.1 Å². The number of carbonyl (C=O) groups is 2. The molecule has 2 aromatic rings. The van der Waals surface area contributed by atoms with E-state index < -0.39 is 11.6 Å². The molecule has 0 fully saturated rings. The summed E-state index contributed by atoms with van der Waals surface area (Å²) in [7, 11) is 1.72. The third kappa shape index (κ3) is 11.0. The molecule has 0 saturated heterocycles. The van der Waals surface area contributed by atoms with Gasteiger partial charge < -0.3 is 25.6 Å². The van der Waals surface area contributed by atoms with E-state index in [1.54, 1.807) is 20.9 Å². The molecule has 2 aromatic carbocycles. The molecule has 2 amide bonds. The van der Waals surface area contributed by atoms with Crippen molar-refractivity contribution >= 4 is 17.5 Å². The van der Waals surface area contributed by atoms with E-state index in [1.165, 1.54) is 16.9 Å². The Bertz CT molecular complexity index is 1380. The topological polar surface area (TPSA) is 82.7 Å². The Balaban J connectivity index is 0.00000102. The molecule has 4 rings (SSSR count). The summed E-state index contributed by atoms with van der Waals surface area (Å²) in [6.45, 7) is 17.9. The monoisotopic (exact) mass is 614 g/mol. The number of hydrogen-bond acceptors (Lipinski definition) is 5. The maximum atomic E-state index is 13.4. The standard InChI is InChI=1S/C33H42N4O3.C5H12/c1-6-27(37-19-17-25-14-10-11-15-29(25)37)21-33(4)18-16-26(20-33)35-30(38)28(36-31(39)32(2,3)34-5)23-40-22-24-12-8-7-9-13-24;1-5(2,3)4/h6-16,18,20,28,34H,17,19,21-23H2,1-5H3,(H,35,38)(H,36,39);1-4H3/b27-6-;/t28-,33?;/m1./s1. The molecule has 1 aliphatic heterocycles. The number of amides is 2. The number of rotatable bonds is 12. The predicted octanol–water partition coefficient (Wildman–Crippen LogP) is 6.67. The Morgan fingerprint density at radius 2 is 1.67 bits per heavy atom. The minimum atomic E-state index is -0.850. The minimum absolute atomic E-state index is 0.0532. The van der Waals surface area contributed by atoms with Gasteiger partial charge in [-0.3, -0.25) is 9.59 Å². The van der Waals surface area contributed by atoms with E-state index in [2.05, 4.69) is 105 Å². The zero-order chi connectivity index (χ0) is 33.3. The molecule has 2 atom stereocenters. The smallest absolute Gasteiger partial charge is 0.249 e. The molecule has 1 heterocycles. The molecule has 0 saturated carbocycles. The second-order valence-corrected chi connectivity index (χ2v) is 14.3. The van der Waals surface area contributed by atoms with Crippen LogP contribution in [0.3, 0.4) is 0 Å². The van der Waals surface area contributed by atoms with E-state index in [1.807, 2.05) is 36.4 Å². The van der Waals surface area contributed by atoms with Gasteiger partial charge in [0.2, 0.25) is 11.8 Å². The Morgan fingerprint density at radius 1 is 1.02 bits per heavy atom. The molecule has 7 nitrogen and oxygen atoms in total. The van der Waals surface area contributed by atoms with Crippen LogP contribution in [0.25, 0.3) is 0 Å². The van der Waals surface area contributed by atoms with Crippen molar-refractivity contribution in [1.82, 2.24) is 16.0 Å². The summed E-state index contributed by atoms with van der Waals surface area (Å²) in [6, 6.07) is 17.5. The SMILES string of the molecule is C/C=C(/CC1(C)C=CC(NC(=O)[C@@H](COCc2ccccc2)NC(=O)C(C)(C)NC)=C1)N1CCc2ccccc21.CC(C)(C)C. The van der Waals surface area contributed by atoms with Gasteiger partial charge in [0.05, 0.1) is 18.8 Å². The van der Waals surface area contributed by atoms with Crippen LogP contribution in [0.2, 0.25) is 0 Å². The van der Waals surface area contributed by atoms with Crippen molar-refractivity contribution < 1.29 is 14.3 Å². The van der Waals surface area contributed by atoms with Crippen LogP contribution in [-0.2, 0) is 27.4 Å². The molecule has 1 unspecified atom stereocenters. The van der Waals surface area contributed by atoms with E-state index in [0.717, 1.165) is 30.6 Å². The molecule has 0 spiro atoms. The van der Waals surface area contributed by atoms with Crippen LogP contribution in [0.4, 0.5) is 5.69 Å². The lowest BCUT2D eigenvalue weighted by Crippen LogP contribution is -2.58. The van der Waals surface area contributed by atoms with E-state index >= 15 is 0 Å². The summed E-state index contributed by atoms with van der Waals surface area (Å²) in [5.74, 6) is -0.587. The second-order valence-electron chi connectivity index (χ2n) is 14.3. The maximum absolute atomic E-state index is 13.4. The number of ether oxygens (including phenoxy) is 1. The van der Waals surface area contributed by atoms with Crippen molar-refractivity contribution in [2.24, 2.45) is 10.8 Å². The number of hydrogen-bond donors (Lipinski definition) is 3. The molecule has 1 aliphatic carbocycles. The third-order valence-corrected chi connectivity index (χ3v) is 7.74. The van der Waals surface area contributed by atoms with Crippen LogP contribution < -0.4 is 20.9 Å². The molecule has 3 N–H and O–H groups in total. The highest BCUT2D eigenvalue weighted by atomic mass is 16.5. The van der Waals surface area contributed by atoms with E-state index in [0.29, 0.717) is 12.0 Å². The van der Waals surface area contributed by atoms with Gasteiger partial charge in [-0.1, -0.05) is 101 Å². The van der Waals surface area contributed by atoms with Crippen LogP contribution in [-0.4, -0.2) is 43.6 Å². The fraction of sp³-hybridized carbons (Fsp3) is 0.474. The maximum Gasteiger partial charge on any atom is 0.249 e. The molecule has 0 radical (unpaired) electrons. The number of fused-ring (bicyclic) bond motifs is 1. The second kappa shape index (κ2) is 15.5. The Hall–Kier alpha value is -3.68. The Morgan fingerprint density at radius 3 is 2.31 bits per heavy atom. The largest absolute Gasteiger partial charge is 0.374 e. The van der Waals surface area contributed by atoms with E-state index in [9.17, 15) is 9.59 Å². The summed E-state index contributed by atoms with van der Waals surface area (Å²) >= 11 is 0. The average molecular weight is 615 g/mol. The van der Waals surface area contributed by atoms with Crippen molar-refractivity contribution in [3.8, 4) is 0 Å². The molecular formula is C38H54N4O3. The number of anilines is 1. The number of nitrogens with one attached hydrogen (secondary N) is 3. The van der Waals surface area contributed by atoms with Crippen LogP contribution in [0.15, 0.2) is 90.3 Å². The van der Waals surface area contributed by atoms with Gasteiger partial charge in [-0.15, -0.1) is 0 Å².